The third kappa shape index (κ3) is 5.01. The van der Waals surface area contributed by atoms with E-state index in [4.69, 9.17) is 16.3 Å². The van der Waals surface area contributed by atoms with Crippen LogP contribution in [-0.2, 0) is 19.4 Å². The molecule has 0 radical (unpaired) electrons. The summed E-state index contributed by atoms with van der Waals surface area (Å²) in [7, 11) is -3.64. The molecule has 0 aromatic heterocycles. The average molecular weight is 386 g/mol. The molecule has 0 heterocycles. The Morgan fingerprint density at radius 3 is 2.52 bits per heavy atom. The first kappa shape index (κ1) is 18.9. The van der Waals surface area contributed by atoms with Crippen molar-refractivity contribution < 1.29 is 27.1 Å². The summed E-state index contributed by atoms with van der Waals surface area (Å²) in [5.41, 5.74) is -0.308. The maximum absolute atomic E-state index is 13.6. The number of ether oxygens (including phenoxy) is 1. The van der Waals surface area contributed by atoms with Crippen LogP contribution in [0.2, 0.25) is 5.02 Å². The fourth-order valence-corrected chi connectivity index (χ4v) is 2.98. The maximum atomic E-state index is 13.6. The number of carbonyl (C=O) groups is 2. The number of hydrogen-bond donors (Lipinski definition) is 1. The highest BCUT2D eigenvalue weighted by molar-refractivity contribution is 7.90. The second kappa shape index (κ2) is 7.62. The van der Waals surface area contributed by atoms with E-state index in [0.29, 0.717) is 0 Å². The Balaban J connectivity index is 2.04. The second-order valence-electron chi connectivity index (χ2n) is 5.02. The van der Waals surface area contributed by atoms with E-state index in [9.17, 15) is 22.4 Å². The molecular formula is C16H13ClFNO5S. The predicted octanol–water partition coefficient (Wildman–Crippen LogP) is 2.68. The molecule has 0 saturated heterocycles. The van der Waals surface area contributed by atoms with E-state index in [0.717, 1.165) is 12.3 Å². The lowest BCUT2D eigenvalue weighted by Crippen LogP contribution is -2.22. The molecular weight excluding hydrogens is 373 g/mol. The van der Waals surface area contributed by atoms with Gasteiger partial charge in [0.2, 0.25) is 0 Å². The van der Waals surface area contributed by atoms with Crippen LogP contribution in [0.15, 0.2) is 47.4 Å². The number of rotatable bonds is 5. The quantitative estimate of drug-likeness (QED) is 0.799. The smallest absolute Gasteiger partial charge is 0.339 e. The molecule has 0 aliphatic carbocycles. The van der Waals surface area contributed by atoms with Crippen molar-refractivity contribution >= 4 is 39.0 Å². The lowest BCUT2D eigenvalue weighted by Gasteiger charge is -2.09. The van der Waals surface area contributed by atoms with Crippen molar-refractivity contribution in [2.75, 3.05) is 18.2 Å². The van der Waals surface area contributed by atoms with Crippen LogP contribution in [0.1, 0.15) is 10.4 Å². The van der Waals surface area contributed by atoms with Gasteiger partial charge in [-0.2, -0.15) is 0 Å². The molecule has 0 unspecified atom stereocenters. The molecule has 0 fully saturated rings. The number of nitrogens with one attached hydrogen (secondary N) is 1. The van der Waals surface area contributed by atoms with Crippen LogP contribution in [0.25, 0.3) is 0 Å². The second-order valence-corrected chi connectivity index (χ2v) is 7.44. The number of anilines is 1. The van der Waals surface area contributed by atoms with Crippen LogP contribution in [0, 0.1) is 5.82 Å². The highest BCUT2D eigenvalue weighted by atomic mass is 35.5. The molecule has 0 atom stereocenters. The van der Waals surface area contributed by atoms with E-state index in [1.165, 1.54) is 36.4 Å². The topological polar surface area (TPSA) is 89.5 Å². The maximum Gasteiger partial charge on any atom is 0.339 e. The van der Waals surface area contributed by atoms with Gasteiger partial charge in [0.15, 0.2) is 16.4 Å². The van der Waals surface area contributed by atoms with Gasteiger partial charge in [-0.05, 0) is 30.3 Å². The molecule has 25 heavy (non-hydrogen) atoms. The molecule has 2 aromatic carbocycles. The van der Waals surface area contributed by atoms with E-state index >= 15 is 0 Å². The normalized spacial score (nSPS) is 11.0. The summed E-state index contributed by atoms with van der Waals surface area (Å²) in [4.78, 5) is 23.6. The zero-order chi connectivity index (χ0) is 18.6. The minimum absolute atomic E-state index is 0.123. The molecule has 0 bridgehead atoms. The Bertz CT molecular complexity index is 930. The first-order valence-electron chi connectivity index (χ1n) is 6.89. The van der Waals surface area contributed by atoms with Crippen molar-refractivity contribution in [3.63, 3.8) is 0 Å². The molecule has 0 aliphatic heterocycles. The highest BCUT2D eigenvalue weighted by Crippen LogP contribution is 2.19. The van der Waals surface area contributed by atoms with Crippen LogP contribution in [0.5, 0.6) is 0 Å². The predicted molar refractivity (Wildman–Crippen MR) is 89.9 cm³/mol. The Morgan fingerprint density at radius 2 is 1.88 bits per heavy atom. The monoisotopic (exact) mass is 385 g/mol. The van der Waals surface area contributed by atoms with Crippen LogP contribution in [0.4, 0.5) is 10.1 Å². The van der Waals surface area contributed by atoms with Crippen LogP contribution < -0.4 is 5.32 Å². The van der Waals surface area contributed by atoms with E-state index in [1.54, 1.807) is 0 Å². The summed E-state index contributed by atoms with van der Waals surface area (Å²) in [6.45, 7) is -0.709. The van der Waals surface area contributed by atoms with Crippen molar-refractivity contribution in [3.8, 4) is 0 Å². The van der Waals surface area contributed by atoms with Gasteiger partial charge in [-0.3, -0.25) is 4.79 Å². The Labute approximate surface area is 148 Å². The highest BCUT2D eigenvalue weighted by Gasteiger charge is 2.20. The Morgan fingerprint density at radius 1 is 1.20 bits per heavy atom. The fourth-order valence-electron chi connectivity index (χ4n) is 1.94. The summed E-state index contributed by atoms with van der Waals surface area (Å²) < 4.78 is 41.7. The summed E-state index contributed by atoms with van der Waals surface area (Å²) >= 11 is 5.60. The van der Waals surface area contributed by atoms with Crippen LogP contribution >= 0.6 is 11.6 Å². The Kier molecular flexibility index (Phi) is 5.76. The minimum atomic E-state index is -3.64. The first-order valence-corrected chi connectivity index (χ1v) is 9.16. The standard InChI is InChI=1S/C16H13ClFNO5S/c1-25(22,23)14-5-3-2-4-11(14)16(21)24-9-15(20)19-13-7-6-10(17)8-12(13)18/h2-8H,9H2,1H3,(H,19,20). The molecule has 6 nitrogen and oxygen atoms in total. The molecule has 9 heteroatoms. The van der Waals surface area contributed by atoms with Gasteiger partial charge < -0.3 is 10.1 Å². The number of esters is 1. The number of halogens is 2. The number of hydrogen-bond acceptors (Lipinski definition) is 5. The van der Waals surface area contributed by atoms with E-state index in [1.807, 2.05) is 0 Å². The molecule has 0 aliphatic rings. The van der Waals surface area contributed by atoms with Gasteiger partial charge in [0.25, 0.3) is 5.91 Å². The molecule has 0 spiro atoms. The zero-order valence-corrected chi connectivity index (χ0v) is 14.5. The lowest BCUT2D eigenvalue weighted by molar-refractivity contribution is -0.119. The molecule has 132 valence electrons. The van der Waals surface area contributed by atoms with Crippen molar-refractivity contribution in [1.82, 2.24) is 0 Å². The van der Waals surface area contributed by atoms with E-state index in [-0.39, 0.29) is 21.2 Å². The summed E-state index contributed by atoms with van der Waals surface area (Å²) in [6, 6.07) is 9.12. The molecule has 1 amide bonds. The minimum Gasteiger partial charge on any atom is -0.452 e. The summed E-state index contributed by atoms with van der Waals surface area (Å²) in [6.07, 6.45) is 0.954. The fraction of sp³-hybridized carbons (Fsp3) is 0.125. The van der Waals surface area contributed by atoms with Gasteiger partial charge in [0, 0.05) is 11.3 Å². The van der Waals surface area contributed by atoms with E-state index < -0.39 is 34.1 Å². The van der Waals surface area contributed by atoms with Gasteiger partial charge in [-0.15, -0.1) is 0 Å². The number of amides is 1. The van der Waals surface area contributed by atoms with Crippen LogP contribution in [0.3, 0.4) is 0 Å². The molecule has 0 saturated carbocycles. The van der Waals surface area contributed by atoms with E-state index in [2.05, 4.69) is 5.32 Å². The van der Waals surface area contributed by atoms with Gasteiger partial charge in [-0.25, -0.2) is 17.6 Å². The largest absolute Gasteiger partial charge is 0.452 e. The third-order valence-corrected chi connectivity index (χ3v) is 4.44. The van der Waals surface area contributed by atoms with Gasteiger partial charge in [0.1, 0.15) is 5.82 Å². The van der Waals surface area contributed by atoms with Gasteiger partial charge in [0.05, 0.1) is 16.1 Å². The van der Waals surface area contributed by atoms with Crippen molar-refractivity contribution in [2.45, 2.75) is 4.90 Å². The lowest BCUT2D eigenvalue weighted by atomic mass is 10.2. The summed E-state index contributed by atoms with van der Waals surface area (Å²) in [5.74, 6) is -2.51. The number of sulfone groups is 1. The van der Waals surface area contributed by atoms with Gasteiger partial charge >= 0.3 is 5.97 Å². The van der Waals surface area contributed by atoms with Crippen molar-refractivity contribution in [1.29, 1.82) is 0 Å². The Hall–Kier alpha value is -2.45. The zero-order valence-electron chi connectivity index (χ0n) is 13.0. The first-order chi connectivity index (χ1) is 11.7. The average Bonchev–Trinajstić information content (AvgIpc) is 2.54. The van der Waals surface area contributed by atoms with Crippen LogP contribution in [-0.4, -0.2) is 33.2 Å². The number of benzene rings is 2. The van der Waals surface area contributed by atoms with Crippen molar-refractivity contribution in [2.24, 2.45) is 0 Å². The summed E-state index contributed by atoms with van der Waals surface area (Å²) in [5, 5.41) is 2.39. The molecule has 2 rings (SSSR count). The SMILES string of the molecule is CS(=O)(=O)c1ccccc1C(=O)OCC(=O)Nc1ccc(Cl)cc1F. The molecule has 1 N–H and O–H groups in total. The van der Waals surface area contributed by atoms with Crippen molar-refractivity contribution in [3.05, 3.63) is 58.9 Å². The molecule has 2 aromatic rings. The van der Waals surface area contributed by atoms with Gasteiger partial charge in [-0.1, -0.05) is 23.7 Å². The third-order valence-electron chi connectivity index (χ3n) is 3.05. The number of carbonyl (C=O) groups excluding carboxylic acids is 2.